The van der Waals surface area contributed by atoms with Crippen molar-refractivity contribution < 1.29 is 4.42 Å². The van der Waals surface area contributed by atoms with E-state index in [0.29, 0.717) is 0 Å². The average molecular weight is 322 g/mol. The summed E-state index contributed by atoms with van der Waals surface area (Å²) in [6.07, 6.45) is 3.22. The molecule has 25 heavy (non-hydrogen) atoms. The highest BCUT2D eigenvalue weighted by atomic mass is 16.3. The van der Waals surface area contributed by atoms with Gasteiger partial charge >= 0.3 is 0 Å². The Kier molecular flexibility index (Phi) is 3.14. The first-order valence-electron chi connectivity index (χ1n) is 8.66. The maximum Gasteiger partial charge on any atom is 0.130 e. The van der Waals surface area contributed by atoms with Gasteiger partial charge in [0.05, 0.1) is 0 Å². The van der Waals surface area contributed by atoms with E-state index in [2.05, 4.69) is 72.8 Å². The van der Waals surface area contributed by atoms with Crippen LogP contribution in [0.2, 0.25) is 0 Å². The fourth-order valence-electron chi connectivity index (χ4n) is 3.74. The first-order chi connectivity index (χ1) is 12.3. The standard InChI is InChI=1S/C24H18O/c1-16-9-12-24(25-16)21-14-19-7-4-8-22(23(19)15-21)20-11-10-17-5-2-3-6-18(17)13-20/h2-13,15H,14H2,1H3. The van der Waals surface area contributed by atoms with E-state index in [4.69, 9.17) is 4.42 Å². The molecule has 0 aliphatic heterocycles. The topological polar surface area (TPSA) is 13.1 Å². The lowest BCUT2D eigenvalue weighted by Crippen LogP contribution is -1.87. The van der Waals surface area contributed by atoms with Crippen LogP contribution < -0.4 is 0 Å². The van der Waals surface area contributed by atoms with Crippen molar-refractivity contribution in [2.45, 2.75) is 13.3 Å². The quantitative estimate of drug-likeness (QED) is 0.410. The summed E-state index contributed by atoms with van der Waals surface area (Å²) in [5, 5.41) is 2.56. The lowest BCUT2D eigenvalue weighted by atomic mass is 9.95. The van der Waals surface area contributed by atoms with E-state index in [0.717, 1.165) is 17.9 Å². The second kappa shape index (κ2) is 5.49. The summed E-state index contributed by atoms with van der Waals surface area (Å²) in [5.41, 5.74) is 6.51. The number of fused-ring (bicyclic) bond motifs is 2. The van der Waals surface area contributed by atoms with Crippen LogP contribution in [0.15, 0.2) is 77.2 Å². The van der Waals surface area contributed by atoms with Crippen molar-refractivity contribution in [1.29, 1.82) is 0 Å². The van der Waals surface area contributed by atoms with E-state index in [1.54, 1.807) is 0 Å². The third kappa shape index (κ3) is 2.40. The number of hydrogen-bond donors (Lipinski definition) is 0. The molecule has 120 valence electrons. The third-order valence-electron chi connectivity index (χ3n) is 5.01. The van der Waals surface area contributed by atoms with Crippen LogP contribution in [0.25, 0.3) is 33.5 Å². The van der Waals surface area contributed by atoms with E-state index < -0.39 is 0 Å². The lowest BCUT2D eigenvalue weighted by Gasteiger charge is -2.09. The van der Waals surface area contributed by atoms with Crippen LogP contribution in [-0.4, -0.2) is 0 Å². The molecular formula is C24H18O. The van der Waals surface area contributed by atoms with Crippen LogP contribution >= 0.6 is 0 Å². The van der Waals surface area contributed by atoms with Crippen LogP contribution in [-0.2, 0) is 6.42 Å². The van der Waals surface area contributed by atoms with Crippen molar-refractivity contribution in [2.24, 2.45) is 0 Å². The van der Waals surface area contributed by atoms with Crippen molar-refractivity contribution in [3.63, 3.8) is 0 Å². The van der Waals surface area contributed by atoms with Crippen molar-refractivity contribution >= 4 is 22.4 Å². The minimum absolute atomic E-state index is 0.934. The molecule has 0 bridgehead atoms. The van der Waals surface area contributed by atoms with Crippen LogP contribution in [0.3, 0.4) is 0 Å². The average Bonchev–Trinajstić information content (AvgIpc) is 3.27. The summed E-state index contributed by atoms with van der Waals surface area (Å²) in [6.45, 7) is 1.99. The van der Waals surface area contributed by atoms with E-state index in [-0.39, 0.29) is 0 Å². The third-order valence-corrected chi connectivity index (χ3v) is 5.01. The Morgan fingerprint density at radius 1 is 0.800 bits per heavy atom. The van der Waals surface area contributed by atoms with Gasteiger partial charge in [0, 0.05) is 6.42 Å². The monoisotopic (exact) mass is 322 g/mol. The van der Waals surface area contributed by atoms with Crippen LogP contribution in [0.5, 0.6) is 0 Å². The Morgan fingerprint density at radius 2 is 1.68 bits per heavy atom. The molecule has 3 aromatic carbocycles. The Hall–Kier alpha value is -3.06. The number of hydrogen-bond acceptors (Lipinski definition) is 1. The Labute approximate surface area is 147 Å². The second-order valence-corrected chi connectivity index (χ2v) is 6.70. The zero-order valence-electron chi connectivity index (χ0n) is 14.1. The van der Waals surface area contributed by atoms with E-state index >= 15 is 0 Å². The maximum absolute atomic E-state index is 5.83. The lowest BCUT2D eigenvalue weighted by molar-refractivity contribution is 0.521. The number of furan rings is 1. The minimum Gasteiger partial charge on any atom is -0.462 e. The largest absolute Gasteiger partial charge is 0.462 e. The number of rotatable bonds is 2. The van der Waals surface area contributed by atoms with Crippen molar-refractivity contribution in [3.8, 4) is 11.1 Å². The molecule has 1 aliphatic carbocycles. The van der Waals surface area contributed by atoms with Crippen LogP contribution in [0.4, 0.5) is 0 Å². The Balaban J connectivity index is 1.64. The molecule has 1 nitrogen and oxygen atoms in total. The molecule has 0 unspecified atom stereocenters. The first kappa shape index (κ1) is 14.3. The van der Waals surface area contributed by atoms with E-state index in [9.17, 15) is 0 Å². The molecule has 5 rings (SSSR count). The molecule has 0 fully saturated rings. The summed E-state index contributed by atoms with van der Waals surface area (Å²) in [6, 6.07) is 25.9. The molecule has 1 heteroatoms. The van der Waals surface area contributed by atoms with Gasteiger partial charge in [-0.3, -0.25) is 0 Å². The Bertz CT molecular complexity index is 1130. The predicted molar refractivity (Wildman–Crippen MR) is 104 cm³/mol. The summed E-state index contributed by atoms with van der Waals surface area (Å²) in [4.78, 5) is 0. The van der Waals surface area contributed by atoms with Gasteiger partial charge in [0.2, 0.25) is 0 Å². The van der Waals surface area contributed by atoms with Crippen molar-refractivity contribution in [3.05, 3.63) is 95.4 Å². The van der Waals surface area contributed by atoms with Gasteiger partial charge in [-0.15, -0.1) is 0 Å². The second-order valence-electron chi connectivity index (χ2n) is 6.70. The number of allylic oxidation sites excluding steroid dienone is 1. The molecule has 0 radical (unpaired) electrons. The van der Waals surface area contributed by atoms with Gasteiger partial charge in [0.1, 0.15) is 11.5 Å². The smallest absolute Gasteiger partial charge is 0.130 e. The number of benzene rings is 3. The van der Waals surface area contributed by atoms with Gasteiger partial charge < -0.3 is 4.42 Å². The molecular weight excluding hydrogens is 304 g/mol. The van der Waals surface area contributed by atoms with Gasteiger partial charge in [-0.05, 0) is 69.8 Å². The number of aryl methyl sites for hydroxylation is 1. The highest BCUT2D eigenvalue weighted by Gasteiger charge is 2.19. The Morgan fingerprint density at radius 3 is 2.52 bits per heavy atom. The van der Waals surface area contributed by atoms with Crippen LogP contribution in [0.1, 0.15) is 22.6 Å². The minimum atomic E-state index is 0.934. The van der Waals surface area contributed by atoms with Gasteiger partial charge in [-0.25, -0.2) is 0 Å². The molecule has 0 amide bonds. The molecule has 0 saturated carbocycles. The van der Waals surface area contributed by atoms with Gasteiger partial charge in [-0.1, -0.05) is 54.6 Å². The van der Waals surface area contributed by atoms with Gasteiger partial charge in [0.15, 0.2) is 0 Å². The predicted octanol–water partition coefficient (Wildman–Crippen LogP) is 6.50. The van der Waals surface area contributed by atoms with Crippen LogP contribution in [0, 0.1) is 6.92 Å². The van der Waals surface area contributed by atoms with E-state index in [1.807, 2.05) is 13.0 Å². The SMILES string of the molecule is Cc1ccc(C2=Cc3c(cccc3-c3ccc4ccccc4c3)C2)o1. The van der Waals surface area contributed by atoms with E-state index in [1.165, 1.54) is 38.6 Å². The molecule has 1 aliphatic rings. The molecule has 0 saturated heterocycles. The zero-order chi connectivity index (χ0) is 16.8. The molecule has 0 spiro atoms. The maximum atomic E-state index is 5.83. The highest BCUT2D eigenvalue weighted by molar-refractivity contribution is 5.95. The zero-order valence-corrected chi connectivity index (χ0v) is 14.1. The summed E-state index contributed by atoms with van der Waals surface area (Å²) in [5.74, 6) is 1.94. The van der Waals surface area contributed by atoms with Gasteiger partial charge in [0.25, 0.3) is 0 Å². The fraction of sp³-hybridized carbons (Fsp3) is 0.0833. The summed E-state index contributed by atoms with van der Waals surface area (Å²) >= 11 is 0. The molecule has 4 aromatic rings. The summed E-state index contributed by atoms with van der Waals surface area (Å²) < 4.78 is 5.83. The normalized spacial score (nSPS) is 13.1. The highest BCUT2D eigenvalue weighted by Crippen LogP contribution is 2.38. The molecule has 1 aromatic heterocycles. The molecule has 0 atom stereocenters. The fourth-order valence-corrected chi connectivity index (χ4v) is 3.74. The van der Waals surface area contributed by atoms with Gasteiger partial charge in [-0.2, -0.15) is 0 Å². The van der Waals surface area contributed by atoms with Crippen molar-refractivity contribution in [2.75, 3.05) is 0 Å². The first-order valence-corrected chi connectivity index (χ1v) is 8.66. The molecule has 0 N–H and O–H groups in total. The van der Waals surface area contributed by atoms with Crippen molar-refractivity contribution in [1.82, 2.24) is 0 Å². The molecule has 1 heterocycles. The summed E-state index contributed by atoms with van der Waals surface area (Å²) in [7, 11) is 0.